The van der Waals surface area contributed by atoms with Crippen LogP contribution >= 0.6 is 0 Å². The lowest BCUT2D eigenvalue weighted by atomic mass is 10.1. The Morgan fingerprint density at radius 2 is 1.68 bits per heavy atom. The van der Waals surface area contributed by atoms with Crippen LogP contribution in [0.15, 0.2) is 47.5 Å². The van der Waals surface area contributed by atoms with Crippen molar-refractivity contribution in [2.45, 2.75) is 19.3 Å². The number of benzene rings is 2. The summed E-state index contributed by atoms with van der Waals surface area (Å²) in [6.07, 6.45) is -4.39. The molecular formula is C17H17F4N3O. The van der Waals surface area contributed by atoms with E-state index in [1.54, 1.807) is 12.1 Å². The first-order chi connectivity index (χ1) is 11.8. The molecule has 0 atom stereocenters. The maximum atomic E-state index is 13.3. The number of phenols is 1. The number of aromatic hydroxyl groups is 1. The van der Waals surface area contributed by atoms with Gasteiger partial charge in [-0.05, 0) is 35.4 Å². The van der Waals surface area contributed by atoms with Gasteiger partial charge in [-0.15, -0.1) is 0 Å². The number of nitrogens with one attached hydrogen (secondary N) is 2. The van der Waals surface area contributed by atoms with Gasteiger partial charge in [-0.25, -0.2) is 4.39 Å². The summed E-state index contributed by atoms with van der Waals surface area (Å²) in [7, 11) is 1.51. The lowest BCUT2D eigenvalue weighted by Crippen LogP contribution is -2.36. The normalized spacial score (nSPS) is 12.1. The van der Waals surface area contributed by atoms with E-state index < -0.39 is 23.3 Å². The van der Waals surface area contributed by atoms with E-state index in [-0.39, 0.29) is 13.1 Å². The molecule has 2 aromatic carbocycles. The quantitative estimate of drug-likeness (QED) is 0.448. The molecule has 0 aliphatic rings. The molecule has 0 aliphatic heterocycles. The zero-order valence-electron chi connectivity index (χ0n) is 13.4. The van der Waals surface area contributed by atoms with Crippen molar-refractivity contribution in [3.63, 3.8) is 0 Å². The monoisotopic (exact) mass is 355 g/mol. The molecule has 0 fully saturated rings. The van der Waals surface area contributed by atoms with Crippen LogP contribution in [0.4, 0.5) is 17.6 Å². The highest BCUT2D eigenvalue weighted by Gasteiger charge is 2.30. The maximum Gasteiger partial charge on any atom is 0.416 e. The number of nitrogens with zero attached hydrogens (tertiary/aromatic N) is 1. The first-order valence-electron chi connectivity index (χ1n) is 7.37. The molecule has 0 saturated carbocycles. The van der Waals surface area contributed by atoms with Crippen molar-refractivity contribution < 1.29 is 22.7 Å². The van der Waals surface area contributed by atoms with Gasteiger partial charge in [-0.1, -0.05) is 18.2 Å². The third-order valence-corrected chi connectivity index (χ3v) is 3.41. The minimum absolute atomic E-state index is 0.146. The summed E-state index contributed by atoms with van der Waals surface area (Å²) in [4.78, 5) is 3.96. The summed E-state index contributed by atoms with van der Waals surface area (Å²) < 4.78 is 51.4. The van der Waals surface area contributed by atoms with Crippen molar-refractivity contribution in [1.29, 1.82) is 0 Å². The predicted molar refractivity (Wildman–Crippen MR) is 86.5 cm³/mol. The molecule has 0 radical (unpaired) electrons. The van der Waals surface area contributed by atoms with Crippen LogP contribution in [0, 0.1) is 5.82 Å². The van der Waals surface area contributed by atoms with Crippen LogP contribution in [0.5, 0.6) is 5.75 Å². The molecule has 2 aromatic rings. The van der Waals surface area contributed by atoms with Gasteiger partial charge in [0, 0.05) is 20.1 Å². The number of phenolic OH excluding ortho intramolecular Hbond substituents is 1. The second-order valence-corrected chi connectivity index (χ2v) is 5.26. The zero-order chi connectivity index (χ0) is 18.4. The highest BCUT2D eigenvalue weighted by atomic mass is 19.4. The summed E-state index contributed by atoms with van der Waals surface area (Å²) >= 11 is 0. The second kappa shape index (κ2) is 7.87. The zero-order valence-corrected chi connectivity index (χ0v) is 13.4. The molecule has 0 aromatic heterocycles. The second-order valence-electron chi connectivity index (χ2n) is 5.26. The molecule has 134 valence electrons. The van der Waals surface area contributed by atoms with Crippen LogP contribution in [-0.2, 0) is 19.3 Å². The van der Waals surface area contributed by atoms with Crippen LogP contribution in [-0.4, -0.2) is 18.1 Å². The molecule has 25 heavy (non-hydrogen) atoms. The van der Waals surface area contributed by atoms with Gasteiger partial charge in [0.05, 0.1) is 5.56 Å². The largest absolute Gasteiger partial charge is 0.505 e. The molecule has 0 saturated heterocycles. The van der Waals surface area contributed by atoms with E-state index in [1.165, 1.54) is 25.2 Å². The number of alkyl halides is 3. The summed E-state index contributed by atoms with van der Waals surface area (Å²) in [5, 5.41) is 15.0. The topological polar surface area (TPSA) is 56.7 Å². The molecule has 0 unspecified atom stereocenters. The average Bonchev–Trinajstić information content (AvgIpc) is 2.57. The fourth-order valence-corrected chi connectivity index (χ4v) is 2.11. The smallest absolute Gasteiger partial charge is 0.416 e. The molecule has 0 bridgehead atoms. The van der Waals surface area contributed by atoms with E-state index in [4.69, 9.17) is 5.11 Å². The average molecular weight is 355 g/mol. The summed E-state index contributed by atoms with van der Waals surface area (Å²) in [5.41, 5.74) is 0.320. The first-order valence-corrected chi connectivity index (χ1v) is 7.37. The molecular weight excluding hydrogens is 338 g/mol. The lowest BCUT2D eigenvalue weighted by molar-refractivity contribution is -0.137. The molecule has 2 rings (SSSR count). The fraction of sp³-hybridized carbons (Fsp3) is 0.235. The minimum atomic E-state index is -4.39. The Morgan fingerprint density at radius 3 is 2.24 bits per heavy atom. The van der Waals surface area contributed by atoms with Crippen molar-refractivity contribution in [3.8, 4) is 5.75 Å². The van der Waals surface area contributed by atoms with Gasteiger partial charge in [-0.3, -0.25) is 4.99 Å². The SMILES string of the molecule is CN=C(NCc1cccc(C(F)(F)F)c1)NCc1ccc(O)c(F)c1. The van der Waals surface area contributed by atoms with Gasteiger partial charge < -0.3 is 15.7 Å². The molecule has 8 heteroatoms. The number of hydrogen-bond donors (Lipinski definition) is 3. The van der Waals surface area contributed by atoms with Gasteiger partial charge in [0.25, 0.3) is 0 Å². The van der Waals surface area contributed by atoms with E-state index >= 15 is 0 Å². The van der Waals surface area contributed by atoms with Gasteiger partial charge in [0.2, 0.25) is 0 Å². The Labute approximate surface area is 142 Å². The Hall–Kier alpha value is -2.77. The van der Waals surface area contributed by atoms with E-state index in [2.05, 4.69) is 15.6 Å². The van der Waals surface area contributed by atoms with Crippen molar-refractivity contribution in [3.05, 3.63) is 65.0 Å². The van der Waals surface area contributed by atoms with E-state index in [9.17, 15) is 17.6 Å². The molecule has 3 N–H and O–H groups in total. The van der Waals surface area contributed by atoms with Crippen molar-refractivity contribution in [1.82, 2.24) is 10.6 Å². The van der Waals surface area contributed by atoms with Gasteiger partial charge >= 0.3 is 6.18 Å². The van der Waals surface area contributed by atoms with Crippen LogP contribution in [0.25, 0.3) is 0 Å². The highest BCUT2D eigenvalue weighted by molar-refractivity contribution is 5.79. The Morgan fingerprint density at radius 1 is 1.04 bits per heavy atom. The Bertz CT molecular complexity index is 760. The van der Waals surface area contributed by atoms with Crippen molar-refractivity contribution >= 4 is 5.96 Å². The van der Waals surface area contributed by atoms with Crippen molar-refractivity contribution in [2.75, 3.05) is 7.05 Å². The Balaban J connectivity index is 1.93. The Kier molecular flexibility index (Phi) is 5.84. The minimum Gasteiger partial charge on any atom is -0.505 e. The van der Waals surface area contributed by atoms with Crippen LogP contribution in [0.1, 0.15) is 16.7 Å². The molecule has 0 heterocycles. The molecule has 0 spiro atoms. The fourth-order valence-electron chi connectivity index (χ4n) is 2.11. The predicted octanol–water partition coefficient (Wildman–Crippen LogP) is 3.42. The third-order valence-electron chi connectivity index (χ3n) is 3.41. The highest BCUT2D eigenvalue weighted by Crippen LogP contribution is 2.29. The maximum absolute atomic E-state index is 13.3. The van der Waals surface area contributed by atoms with Gasteiger partial charge in [0.15, 0.2) is 17.5 Å². The summed E-state index contributed by atoms with van der Waals surface area (Å²) in [6.45, 7) is 0.382. The van der Waals surface area contributed by atoms with E-state index in [0.29, 0.717) is 17.1 Å². The molecule has 0 amide bonds. The first kappa shape index (κ1) is 18.6. The van der Waals surface area contributed by atoms with Gasteiger partial charge in [0.1, 0.15) is 0 Å². The van der Waals surface area contributed by atoms with Crippen LogP contribution in [0.3, 0.4) is 0 Å². The lowest BCUT2D eigenvalue weighted by Gasteiger charge is -2.13. The third kappa shape index (κ3) is 5.37. The van der Waals surface area contributed by atoms with Crippen molar-refractivity contribution in [2.24, 2.45) is 4.99 Å². The van der Waals surface area contributed by atoms with Crippen LogP contribution in [0.2, 0.25) is 0 Å². The molecule has 4 nitrogen and oxygen atoms in total. The summed E-state index contributed by atoms with van der Waals surface area (Å²) in [6, 6.07) is 8.96. The van der Waals surface area contributed by atoms with Crippen LogP contribution < -0.4 is 10.6 Å². The van der Waals surface area contributed by atoms with Gasteiger partial charge in [-0.2, -0.15) is 13.2 Å². The summed E-state index contributed by atoms with van der Waals surface area (Å²) in [5.74, 6) is -0.812. The standard InChI is InChI=1S/C17H17F4N3O/c1-22-16(24-10-12-5-6-15(25)14(18)8-12)23-9-11-3-2-4-13(7-11)17(19,20)21/h2-8,25H,9-10H2,1H3,(H2,22,23,24). The molecule has 0 aliphatic carbocycles. The number of guanidine groups is 1. The number of halogens is 4. The number of rotatable bonds is 4. The number of aliphatic imine (C=N–C) groups is 1. The number of hydrogen-bond acceptors (Lipinski definition) is 2. The van der Waals surface area contributed by atoms with E-state index in [0.717, 1.165) is 12.1 Å². The van der Waals surface area contributed by atoms with E-state index in [1.807, 2.05) is 0 Å².